The smallest absolute Gasteiger partial charge is 0.193 e. The molecule has 1 fully saturated rings. The monoisotopic (exact) mass is 451 g/mol. The molecule has 1 atom stereocenters. The number of likely N-dealkylation sites (tertiary alicyclic amines) is 1. The van der Waals surface area contributed by atoms with Crippen molar-refractivity contribution in [3.05, 3.63) is 108 Å². The molecular formula is C30H29NO3. The second-order valence-electron chi connectivity index (χ2n) is 8.70. The fourth-order valence-electron chi connectivity index (χ4n) is 4.80. The van der Waals surface area contributed by atoms with Crippen LogP contribution >= 0.6 is 0 Å². The van der Waals surface area contributed by atoms with Gasteiger partial charge >= 0.3 is 0 Å². The average Bonchev–Trinajstić information content (AvgIpc) is 3.44. The molecule has 0 radical (unpaired) electrons. The number of ketones is 1. The second-order valence-corrected chi connectivity index (χ2v) is 8.70. The molecule has 0 bridgehead atoms. The van der Waals surface area contributed by atoms with Gasteiger partial charge in [-0.2, -0.15) is 0 Å². The Kier molecular flexibility index (Phi) is 6.59. The van der Waals surface area contributed by atoms with Gasteiger partial charge in [0.25, 0.3) is 0 Å². The molecule has 4 aromatic carbocycles. The van der Waals surface area contributed by atoms with Crippen LogP contribution < -0.4 is 9.47 Å². The molecule has 172 valence electrons. The summed E-state index contributed by atoms with van der Waals surface area (Å²) in [5.74, 6) is 1.68. The van der Waals surface area contributed by atoms with E-state index in [4.69, 9.17) is 9.47 Å². The van der Waals surface area contributed by atoms with Crippen LogP contribution in [0.5, 0.6) is 11.5 Å². The van der Waals surface area contributed by atoms with Crippen molar-refractivity contribution in [2.24, 2.45) is 0 Å². The van der Waals surface area contributed by atoms with Gasteiger partial charge in [0.05, 0.1) is 13.2 Å². The molecule has 34 heavy (non-hydrogen) atoms. The molecule has 0 amide bonds. The first-order chi connectivity index (χ1) is 16.7. The minimum atomic E-state index is 0.0246. The Labute approximate surface area is 200 Å². The molecule has 5 rings (SSSR count). The van der Waals surface area contributed by atoms with E-state index >= 15 is 0 Å². The van der Waals surface area contributed by atoms with Crippen LogP contribution in [-0.4, -0.2) is 37.5 Å². The summed E-state index contributed by atoms with van der Waals surface area (Å²) in [5, 5.41) is 1.87. The third-order valence-electron chi connectivity index (χ3n) is 6.64. The Hall–Kier alpha value is -3.63. The van der Waals surface area contributed by atoms with Crippen LogP contribution in [0.1, 0.15) is 40.4 Å². The second kappa shape index (κ2) is 10.1. The normalized spacial score (nSPS) is 14.7. The zero-order valence-corrected chi connectivity index (χ0v) is 19.4. The number of methoxy groups -OCH3 is 1. The van der Waals surface area contributed by atoms with Crippen molar-refractivity contribution in [1.29, 1.82) is 0 Å². The highest BCUT2D eigenvalue weighted by Gasteiger charge is 2.25. The maximum atomic E-state index is 13.2. The van der Waals surface area contributed by atoms with Crippen molar-refractivity contribution in [2.75, 3.05) is 26.8 Å². The van der Waals surface area contributed by atoms with E-state index in [1.54, 1.807) is 7.11 Å². The van der Waals surface area contributed by atoms with Crippen molar-refractivity contribution in [3.8, 4) is 11.5 Å². The Balaban J connectivity index is 1.44. The van der Waals surface area contributed by atoms with Gasteiger partial charge < -0.3 is 9.47 Å². The number of nitrogens with zero attached hydrogens (tertiary/aromatic N) is 1. The number of fused-ring (bicyclic) bond motifs is 1. The van der Waals surface area contributed by atoms with E-state index in [0.29, 0.717) is 17.7 Å². The molecule has 1 aliphatic heterocycles. The Bertz CT molecular complexity index is 1260. The van der Waals surface area contributed by atoms with Crippen LogP contribution in [0.4, 0.5) is 0 Å². The van der Waals surface area contributed by atoms with Crippen molar-refractivity contribution in [1.82, 2.24) is 4.90 Å². The Morgan fingerprint density at radius 2 is 1.50 bits per heavy atom. The van der Waals surface area contributed by atoms with E-state index in [1.165, 1.54) is 18.4 Å². The molecule has 0 saturated carbocycles. The maximum Gasteiger partial charge on any atom is 0.193 e. The van der Waals surface area contributed by atoms with Crippen molar-refractivity contribution in [2.45, 2.75) is 18.9 Å². The number of rotatable bonds is 8. The summed E-state index contributed by atoms with van der Waals surface area (Å²) in [7, 11) is 1.69. The minimum Gasteiger partial charge on any atom is -0.497 e. The molecule has 0 aromatic heterocycles. The summed E-state index contributed by atoms with van der Waals surface area (Å²) in [6.45, 7) is 2.69. The molecule has 0 N–H and O–H groups in total. The Morgan fingerprint density at radius 1 is 0.824 bits per heavy atom. The SMILES string of the molecule is COc1ccc(C(COc2ccc(C(=O)c3ccccc3)c3ccccc23)N2CCCC2)cc1. The topological polar surface area (TPSA) is 38.8 Å². The fraction of sp³-hybridized carbons (Fsp3) is 0.233. The lowest BCUT2D eigenvalue weighted by Crippen LogP contribution is -2.30. The van der Waals surface area contributed by atoms with Crippen molar-refractivity contribution < 1.29 is 14.3 Å². The lowest BCUT2D eigenvalue weighted by molar-refractivity contribution is 0.104. The molecule has 0 aliphatic carbocycles. The van der Waals surface area contributed by atoms with Crippen LogP contribution in [0, 0.1) is 0 Å². The van der Waals surface area contributed by atoms with Gasteiger partial charge in [0.15, 0.2) is 5.78 Å². The highest BCUT2D eigenvalue weighted by molar-refractivity contribution is 6.17. The fourth-order valence-corrected chi connectivity index (χ4v) is 4.80. The van der Waals surface area contributed by atoms with Gasteiger partial charge in [0.2, 0.25) is 0 Å². The predicted molar refractivity (Wildman–Crippen MR) is 136 cm³/mol. The van der Waals surface area contributed by atoms with Gasteiger partial charge in [-0.25, -0.2) is 0 Å². The third-order valence-corrected chi connectivity index (χ3v) is 6.64. The molecule has 4 nitrogen and oxygen atoms in total. The van der Waals surface area contributed by atoms with Gasteiger partial charge in [-0.3, -0.25) is 9.69 Å². The van der Waals surface area contributed by atoms with Gasteiger partial charge in [-0.05, 0) is 61.1 Å². The molecule has 1 aliphatic rings. The average molecular weight is 452 g/mol. The molecular weight excluding hydrogens is 422 g/mol. The molecule has 4 aromatic rings. The lowest BCUT2D eigenvalue weighted by atomic mass is 9.96. The van der Waals surface area contributed by atoms with Gasteiger partial charge in [-0.1, -0.05) is 66.7 Å². The zero-order chi connectivity index (χ0) is 23.3. The largest absolute Gasteiger partial charge is 0.497 e. The van der Waals surface area contributed by atoms with Crippen molar-refractivity contribution >= 4 is 16.6 Å². The molecule has 1 saturated heterocycles. The van der Waals surface area contributed by atoms with Gasteiger partial charge in [0.1, 0.15) is 18.1 Å². The summed E-state index contributed by atoms with van der Waals surface area (Å²) in [6, 6.07) is 29.7. The number of ether oxygens (including phenoxy) is 2. The van der Waals surface area contributed by atoms with E-state index < -0.39 is 0 Å². The lowest BCUT2D eigenvalue weighted by Gasteiger charge is -2.28. The quantitative estimate of drug-likeness (QED) is 0.295. The van der Waals surface area contributed by atoms with E-state index in [2.05, 4.69) is 17.0 Å². The third kappa shape index (κ3) is 4.55. The first kappa shape index (κ1) is 22.2. The highest BCUT2D eigenvalue weighted by atomic mass is 16.5. The standard InChI is InChI=1S/C30H29NO3/c1-33-24-15-13-22(14-16-24)28(31-19-7-8-20-31)21-34-29-18-17-27(25-11-5-6-12-26(25)29)30(32)23-9-3-2-4-10-23/h2-6,9-18,28H,7-8,19-21H2,1H3. The van der Waals surface area contributed by atoms with Crippen LogP contribution in [-0.2, 0) is 0 Å². The molecule has 1 unspecified atom stereocenters. The predicted octanol–water partition coefficient (Wildman–Crippen LogP) is 6.30. The van der Waals surface area contributed by atoms with Gasteiger partial charge in [0, 0.05) is 16.5 Å². The first-order valence-electron chi connectivity index (χ1n) is 11.9. The van der Waals surface area contributed by atoms with Crippen molar-refractivity contribution in [3.63, 3.8) is 0 Å². The Morgan fingerprint density at radius 3 is 2.21 bits per heavy atom. The molecule has 1 heterocycles. The number of benzene rings is 4. The summed E-state index contributed by atoms with van der Waals surface area (Å²) in [4.78, 5) is 15.7. The summed E-state index contributed by atoms with van der Waals surface area (Å²) >= 11 is 0. The number of carbonyl (C=O) groups is 1. The zero-order valence-electron chi connectivity index (χ0n) is 19.4. The highest BCUT2D eigenvalue weighted by Crippen LogP contribution is 2.32. The first-order valence-corrected chi connectivity index (χ1v) is 11.9. The molecule has 0 spiro atoms. The number of hydrogen-bond donors (Lipinski definition) is 0. The van der Waals surface area contributed by atoms with E-state index in [9.17, 15) is 4.79 Å². The summed E-state index contributed by atoms with van der Waals surface area (Å²) in [6.07, 6.45) is 2.43. The minimum absolute atomic E-state index is 0.0246. The number of carbonyl (C=O) groups excluding carboxylic acids is 1. The van der Waals surface area contributed by atoms with Crippen LogP contribution in [0.2, 0.25) is 0 Å². The summed E-state index contributed by atoms with van der Waals surface area (Å²) in [5.41, 5.74) is 2.61. The van der Waals surface area contributed by atoms with Crippen LogP contribution in [0.15, 0.2) is 91.0 Å². The summed E-state index contributed by atoms with van der Waals surface area (Å²) < 4.78 is 11.8. The van der Waals surface area contributed by atoms with Crippen LogP contribution in [0.25, 0.3) is 10.8 Å². The number of hydrogen-bond acceptors (Lipinski definition) is 4. The molecule has 4 heteroatoms. The van der Waals surface area contributed by atoms with Gasteiger partial charge in [-0.15, -0.1) is 0 Å². The maximum absolute atomic E-state index is 13.2. The van der Waals surface area contributed by atoms with E-state index in [1.807, 2.05) is 78.9 Å². The van der Waals surface area contributed by atoms with E-state index in [0.717, 1.165) is 35.4 Å². The van der Waals surface area contributed by atoms with E-state index in [-0.39, 0.29) is 11.8 Å². The van der Waals surface area contributed by atoms with Crippen LogP contribution in [0.3, 0.4) is 0 Å².